The number of piperidine rings is 1. The Labute approximate surface area is 206 Å². The largest absolute Gasteiger partial charge is 0.475 e. The molecule has 0 saturated carbocycles. The topological polar surface area (TPSA) is 126 Å². The summed E-state index contributed by atoms with van der Waals surface area (Å²) in [6, 6.07) is 1.64. The fourth-order valence-electron chi connectivity index (χ4n) is 4.86. The van der Waals surface area contributed by atoms with Crippen LogP contribution in [0.25, 0.3) is 0 Å². The van der Waals surface area contributed by atoms with Gasteiger partial charge in [0.25, 0.3) is 5.92 Å². The second kappa shape index (κ2) is 12.3. The standard InChI is InChI=1S/C23H39BF2N4O5/c1-16(2)11-19(24(33)34)28-21(32)35-14-18-7-5-6-9-30(18)20(31)17(13-27)12-22(3,4)29-10-8-23(25,26)15-29/h16-19,33-34H,5-12,14-15H2,1-4H3,(H,28,32)/t17?,18-,19+/m1/s1. The molecule has 0 radical (unpaired) electrons. The first-order valence-corrected chi connectivity index (χ1v) is 12.4. The predicted molar refractivity (Wildman–Crippen MR) is 126 cm³/mol. The molecule has 9 nitrogen and oxygen atoms in total. The summed E-state index contributed by atoms with van der Waals surface area (Å²) < 4.78 is 32.8. The molecule has 12 heteroatoms. The highest BCUT2D eigenvalue weighted by molar-refractivity contribution is 6.43. The van der Waals surface area contributed by atoms with Gasteiger partial charge in [0.2, 0.25) is 5.91 Å². The summed E-state index contributed by atoms with van der Waals surface area (Å²) in [5.74, 6) is -4.92. The first-order chi connectivity index (χ1) is 16.3. The van der Waals surface area contributed by atoms with Gasteiger partial charge >= 0.3 is 13.2 Å². The number of nitrogens with one attached hydrogen (secondary N) is 1. The van der Waals surface area contributed by atoms with Gasteiger partial charge in [-0.15, -0.1) is 0 Å². The Kier molecular flexibility index (Phi) is 10.3. The first kappa shape index (κ1) is 29.3. The maximum atomic E-state index is 13.7. The zero-order valence-electron chi connectivity index (χ0n) is 21.2. The second-order valence-electron chi connectivity index (χ2n) is 10.8. The molecular weight excluding hydrogens is 461 g/mol. The smallest absolute Gasteiger partial charge is 0.447 e. The fourth-order valence-corrected chi connectivity index (χ4v) is 4.86. The number of hydrogen-bond acceptors (Lipinski definition) is 7. The first-order valence-electron chi connectivity index (χ1n) is 12.4. The number of ether oxygens (including phenoxy) is 1. The second-order valence-corrected chi connectivity index (χ2v) is 10.8. The molecule has 2 fully saturated rings. The molecule has 2 rings (SSSR count). The van der Waals surface area contributed by atoms with Gasteiger partial charge in [0.05, 0.1) is 24.6 Å². The molecule has 198 valence electrons. The number of hydrogen-bond donors (Lipinski definition) is 3. The summed E-state index contributed by atoms with van der Waals surface area (Å²) in [5, 5.41) is 31.2. The molecule has 0 bridgehead atoms. The van der Waals surface area contributed by atoms with Crippen LogP contribution in [-0.4, -0.2) is 88.7 Å². The zero-order chi connectivity index (χ0) is 26.4. The average Bonchev–Trinajstić information content (AvgIpc) is 3.15. The minimum Gasteiger partial charge on any atom is -0.447 e. The van der Waals surface area contributed by atoms with Gasteiger partial charge in [-0.2, -0.15) is 5.26 Å². The molecule has 2 saturated heterocycles. The SMILES string of the molecule is CC(C)C[C@H](NC(=O)OC[C@H]1CCCCN1C(=O)C(C#N)CC(C)(C)N1CCC(F)(F)C1)B(O)O. The molecular formula is C23H39BF2N4O5. The van der Waals surface area contributed by atoms with Crippen molar-refractivity contribution in [2.24, 2.45) is 11.8 Å². The summed E-state index contributed by atoms with van der Waals surface area (Å²) in [4.78, 5) is 28.8. The molecule has 0 aromatic rings. The third-order valence-electron chi connectivity index (χ3n) is 6.89. The summed E-state index contributed by atoms with van der Waals surface area (Å²) in [6.45, 7) is 7.47. The summed E-state index contributed by atoms with van der Waals surface area (Å²) in [5.41, 5.74) is -0.756. The third kappa shape index (κ3) is 8.58. The summed E-state index contributed by atoms with van der Waals surface area (Å²) in [6.07, 6.45) is 1.60. The van der Waals surface area contributed by atoms with E-state index in [1.54, 1.807) is 23.6 Å². The van der Waals surface area contributed by atoms with Crippen molar-refractivity contribution in [1.29, 1.82) is 5.26 Å². The Bertz CT molecular complexity index is 778. The van der Waals surface area contributed by atoms with Gasteiger partial charge in [-0.3, -0.25) is 9.69 Å². The third-order valence-corrected chi connectivity index (χ3v) is 6.89. The van der Waals surface area contributed by atoms with Crippen LogP contribution in [0.15, 0.2) is 0 Å². The lowest BCUT2D eigenvalue weighted by Crippen LogP contribution is -2.52. The molecule has 3 N–H and O–H groups in total. The maximum absolute atomic E-state index is 13.7. The molecule has 0 aromatic heterocycles. The van der Waals surface area contributed by atoms with Gasteiger partial charge in [-0.1, -0.05) is 13.8 Å². The Morgan fingerprint density at radius 3 is 2.51 bits per heavy atom. The number of alkyl carbamates (subject to hydrolysis) is 1. The molecule has 0 spiro atoms. The van der Waals surface area contributed by atoms with Crippen LogP contribution < -0.4 is 5.32 Å². The number of amides is 2. The number of halogens is 2. The van der Waals surface area contributed by atoms with Gasteiger partial charge < -0.3 is 25.0 Å². The van der Waals surface area contributed by atoms with Gasteiger partial charge in [0.1, 0.15) is 12.5 Å². The molecule has 0 aliphatic carbocycles. The average molecular weight is 500 g/mol. The number of alkyl halides is 2. The lowest BCUT2D eigenvalue weighted by Gasteiger charge is -2.40. The Morgan fingerprint density at radius 1 is 1.29 bits per heavy atom. The van der Waals surface area contributed by atoms with Gasteiger partial charge in [-0.25, -0.2) is 13.6 Å². The van der Waals surface area contributed by atoms with Crippen LogP contribution in [0.1, 0.15) is 66.2 Å². The number of carbonyl (C=O) groups is 2. The van der Waals surface area contributed by atoms with E-state index in [1.165, 1.54) is 0 Å². The van der Waals surface area contributed by atoms with Crippen molar-refractivity contribution in [3.8, 4) is 6.07 Å². The van der Waals surface area contributed by atoms with E-state index in [0.29, 0.717) is 19.4 Å². The van der Waals surface area contributed by atoms with E-state index >= 15 is 0 Å². The maximum Gasteiger partial charge on any atom is 0.475 e. The lowest BCUT2D eigenvalue weighted by molar-refractivity contribution is -0.139. The van der Waals surface area contributed by atoms with Crippen LogP contribution in [0.3, 0.4) is 0 Å². The zero-order valence-corrected chi connectivity index (χ0v) is 21.2. The fraction of sp³-hybridized carbons (Fsp3) is 0.870. The van der Waals surface area contributed by atoms with Crippen molar-refractivity contribution in [2.45, 2.75) is 89.7 Å². The van der Waals surface area contributed by atoms with Crippen LogP contribution in [0, 0.1) is 23.2 Å². The van der Waals surface area contributed by atoms with Crippen molar-refractivity contribution in [1.82, 2.24) is 15.1 Å². The Balaban J connectivity index is 1.99. The van der Waals surface area contributed by atoms with Crippen molar-refractivity contribution in [3.05, 3.63) is 0 Å². The van der Waals surface area contributed by atoms with Crippen LogP contribution in [0.4, 0.5) is 13.6 Å². The highest BCUT2D eigenvalue weighted by atomic mass is 19.3. The minimum atomic E-state index is -2.76. The number of nitrogens with zero attached hydrogens (tertiary/aromatic N) is 3. The normalized spacial score (nSPS) is 22.4. The van der Waals surface area contributed by atoms with Crippen molar-refractivity contribution >= 4 is 19.1 Å². The Morgan fingerprint density at radius 2 is 1.97 bits per heavy atom. The van der Waals surface area contributed by atoms with E-state index in [2.05, 4.69) is 11.4 Å². The van der Waals surface area contributed by atoms with Gasteiger partial charge in [0.15, 0.2) is 0 Å². The van der Waals surface area contributed by atoms with E-state index in [0.717, 1.165) is 12.8 Å². The van der Waals surface area contributed by atoms with E-state index < -0.39 is 42.6 Å². The van der Waals surface area contributed by atoms with Crippen LogP contribution in [-0.2, 0) is 9.53 Å². The molecule has 0 aromatic carbocycles. The number of likely N-dealkylation sites (tertiary alicyclic amines) is 2. The number of nitriles is 1. The highest BCUT2D eigenvalue weighted by Crippen LogP contribution is 2.35. The van der Waals surface area contributed by atoms with E-state index in [4.69, 9.17) is 4.74 Å². The van der Waals surface area contributed by atoms with Crippen LogP contribution >= 0.6 is 0 Å². The monoisotopic (exact) mass is 500 g/mol. The highest BCUT2D eigenvalue weighted by Gasteiger charge is 2.45. The Hall–Kier alpha value is -1.97. The number of carbonyl (C=O) groups excluding carboxylic acids is 2. The van der Waals surface area contributed by atoms with Gasteiger partial charge in [-0.05, 0) is 51.9 Å². The summed E-state index contributed by atoms with van der Waals surface area (Å²) >= 11 is 0. The van der Waals surface area contributed by atoms with Crippen LogP contribution in [0.2, 0.25) is 0 Å². The molecule has 3 atom stereocenters. The molecule has 2 heterocycles. The molecule has 35 heavy (non-hydrogen) atoms. The molecule has 2 amide bonds. The lowest BCUT2D eigenvalue weighted by atomic mass is 9.75. The summed E-state index contributed by atoms with van der Waals surface area (Å²) in [7, 11) is -1.73. The molecule has 2 aliphatic heterocycles. The van der Waals surface area contributed by atoms with Gasteiger partial charge in [0, 0.05) is 25.0 Å². The van der Waals surface area contributed by atoms with Crippen LogP contribution in [0.5, 0.6) is 0 Å². The van der Waals surface area contributed by atoms with Crippen molar-refractivity contribution < 1.29 is 33.2 Å². The number of rotatable bonds is 10. The van der Waals surface area contributed by atoms with E-state index in [9.17, 15) is 33.7 Å². The quantitative estimate of drug-likeness (QED) is 0.393. The van der Waals surface area contributed by atoms with E-state index in [1.807, 2.05) is 13.8 Å². The minimum absolute atomic E-state index is 0.0899. The van der Waals surface area contributed by atoms with E-state index in [-0.39, 0.29) is 44.4 Å². The van der Waals surface area contributed by atoms with Crippen molar-refractivity contribution in [2.75, 3.05) is 26.2 Å². The van der Waals surface area contributed by atoms with Crippen molar-refractivity contribution in [3.63, 3.8) is 0 Å². The predicted octanol–water partition coefficient (Wildman–Crippen LogP) is 2.17. The molecule has 2 aliphatic rings. The molecule has 1 unspecified atom stereocenters.